The minimum atomic E-state index is -0.637. The highest BCUT2D eigenvalue weighted by Gasteiger charge is 2.27. The molecule has 3 rings (SSSR count). The van der Waals surface area contributed by atoms with E-state index in [0.29, 0.717) is 23.7 Å². The number of hydrogen-bond donors (Lipinski definition) is 2. The molecule has 0 saturated heterocycles. The van der Waals surface area contributed by atoms with Crippen LogP contribution in [0.2, 0.25) is 0 Å². The lowest BCUT2D eigenvalue weighted by atomic mass is 9.96. The zero-order valence-electron chi connectivity index (χ0n) is 16.3. The Morgan fingerprint density at radius 1 is 1.14 bits per heavy atom. The van der Waals surface area contributed by atoms with Gasteiger partial charge >= 0.3 is 0 Å². The van der Waals surface area contributed by atoms with Gasteiger partial charge in [-0.05, 0) is 43.5 Å². The van der Waals surface area contributed by atoms with Crippen LogP contribution in [-0.2, 0) is 11.2 Å². The molecule has 146 valence electrons. The molecule has 2 N–H and O–H groups in total. The van der Waals surface area contributed by atoms with Gasteiger partial charge in [-0.15, -0.1) is 10.2 Å². The topological polar surface area (TPSA) is 102 Å². The number of aryl methyl sites for hydroxylation is 2. The van der Waals surface area contributed by atoms with Gasteiger partial charge in [0.2, 0.25) is 5.91 Å². The Labute approximate surface area is 163 Å². The predicted octanol–water partition coefficient (Wildman–Crippen LogP) is 2.80. The van der Waals surface area contributed by atoms with E-state index in [1.54, 1.807) is 20.3 Å². The molecule has 28 heavy (non-hydrogen) atoms. The van der Waals surface area contributed by atoms with E-state index in [-0.39, 0.29) is 5.91 Å². The van der Waals surface area contributed by atoms with Crippen molar-refractivity contribution in [2.45, 2.75) is 26.2 Å². The molecule has 0 aliphatic heterocycles. The van der Waals surface area contributed by atoms with Crippen LogP contribution in [-0.4, -0.2) is 40.8 Å². The van der Waals surface area contributed by atoms with Crippen LogP contribution in [0.5, 0.6) is 11.5 Å². The van der Waals surface area contributed by atoms with Crippen molar-refractivity contribution in [2.75, 3.05) is 19.5 Å². The molecule has 0 spiro atoms. The van der Waals surface area contributed by atoms with Crippen molar-refractivity contribution in [3.8, 4) is 11.5 Å². The number of methoxy groups -OCH3 is 2. The van der Waals surface area contributed by atoms with E-state index in [1.165, 1.54) is 0 Å². The number of carbonyl (C=O) groups is 1. The van der Waals surface area contributed by atoms with Crippen LogP contribution >= 0.6 is 0 Å². The maximum absolute atomic E-state index is 13.1. The Morgan fingerprint density at radius 2 is 1.96 bits per heavy atom. The smallest absolute Gasteiger partial charge is 0.235 e. The van der Waals surface area contributed by atoms with Gasteiger partial charge in [0.1, 0.15) is 17.4 Å². The lowest BCUT2D eigenvalue weighted by molar-refractivity contribution is -0.117. The monoisotopic (exact) mass is 381 g/mol. The summed E-state index contributed by atoms with van der Waals surface area (Å²) in [4.78, 5) is 13.1. The van der Waals surface area contributed by atoms with E-state index in [2.05, 4.69) is 25.9 Å². The van der Waals surface area contributed by atoms with E-state index in [1.807, 2.05) is 44.2 Å². The molecule has 0 radical (unpaired) electrons. The number of hydrogen-bond acceptors (Lipinski definition) is 6. The first kappa shape index (κ1) is 19.3. The average Bonchev–Trinajstić information content (AvgIpc) is 3.22. The fourth-order valence-corrected chi connectivity index (χ4v) is 3.03. The third-order valence-electron chi connectivity index (χ3n) is 4.55. The highest BCUT2D eigenvalue weighted by Crippen LogP contribution is 2.30. The van der Waals surface area contributed by atoms with Gasteiger partial charge in [0.05, 0.1) is 14.2 Å². The van der Waals surface area contributed by atoms with Crippen LogP contribution in [0.3, 0.4) is 0 Å². The molecule has 1 aromatic heterocycles. The molecule has 8 heteroatoms. The van der Waals surface area contributed by atoms with Crippen LogP contribution in [0.25, 0.3) is 0 Å². The van der Waals surface area contributed by atoms with Gasteiger partial charge < -0.3 is 14.8 Å². The van der Waals surface area contributed by atoms with E-state index in [0.717, 1.165) is 22.4 Å². The summed E-state index contributed by atoms with van der Waals surface area (Å²) in [6.07, 6.45) is 0.351. The molecule has 1 unspecified atom stereocenters. The summed E-state index contributed by atoms with van der Waals surface area (Å²) in [5, 5.41) is 17.1. The summed E-state index contributed by atoms with van der Waals surface area (Å²) in [7, 11) is 3.17. The van der Waals surface area contributed by atoms with Crippen molar-refractivity contribution in [2.24, 2.45) is 0 Å². The second-order valence-electron chi connectivity index (χ2n) is 6.51. The third kappa shape index (κ3) is 4.28. The van der Waals surface area contributed by atoms with Crippen molar-refractivity contribution in [3.63, 3.8) is 0 Å². The molecule has 0 aliphatic rings. The van der Waals surface area contributed by atoms with Crippen LogP contribution in [0.15, 0.2) is 36.4 Å². The van der Waals surface area contributed by atoms with Crippen LogP contribution in [0.4, 0.5) is 5.69 Å². The maximum Gasteiger partial charge on any atom is 0.235 e. The average molecular weight is 381 g/mol. The Bertz CT molecular complexity index is 956. The number of carbonyl (C=O) groups excluding carboxylic acids is 1. The van der Waals surface area contributed by atoms with Gasteiger partial charge in [-0.2, -0.15) is 5.21 Å². The summed E-state index contributed by atoms with van der Waals surface area (Å²) in [5.74, 6) is 0.775. The summed E-state index contributed by atoms with van der Waals surface area (Å²) in [6, 6.07) is 11.3. The normalized spacial score (nSPS) is 11.7. The molecule has 0 aliphatic carbocycles. The Balaban J connectivity index is 1.89. The van der Waals surface area contributed by atoms with Gasteiger partial charge in [0, 0.05) is 11.8 Å². The van der Waals surface area contributed by atoms with E-state index >= 15 is 0 Å². The minimum Gasteiger partial charge on any atom is -0.497 e. The molecule has 0 saturated carbocycles. The number of benzene rings is 2. The molecule has 1 heterocycles. The van der Waals surface area contributed by atoms with Crippen molar-refractivity contribution < 1.29 is 14.3 Å². The number of ether oxygens (including phenoxy) is 2. The maximum atomic E-state index is 13.1. The van der Waals surface area contributed by atoms with Gasteiger partial charge in [0.15, 0.2) is 5.82 Å². The van der Waals surface area contributed by atoms with E-state index < -0.39 is 5.92 Å². The van der Waals surface area contributed by atoms with E-state index in [4.69, 9.17) is 9.47 Å². The SMILES string of the molecule is COc1ccc(CC(C(=O)Nc2ccc(C)cc2C)c2nn[nH]n2)c(OC)c1. The van der Waals surface area contributed by atoms with Crippen molar-refractivity contribution in [1.29, 1.82) is 0 Å². The third-order valence-corrected chi connectivity index (χ3v) is 4.55. The predicted molar refractivity (Wildman–Crippen MR) is 105 cm³/mol. The number of rotatable bonds is 7. The summed E-state index contributed by atoms with van der Waals surface area (Å²) in [6.45, 7) is 3.97. The molecule has 1 amide bonds. The van der Waals surface area contributed by atoms with Crippen LogP contribution in [0, 0.1) is 13.8 Å². The second kappa shape index (κ2) is 8.51. The number of aromatic amines is 1. The lowest BCUT2D eigenvalue weighted by Gasteiger charge is -2.17. The number of aromatic nitrogens is 4. The van der Waals surface area contributed by atoms with Crippen LogP contribution in [0.1, 0.15) is 28.4 Å². The minimum absolute atomic E-state index is 0.216. The Hall–Kier alpha value is -3.42. The Kier molecular flexibility index (Phi) is 5.88. The largest absolute Gasteiger partial charge is 0.497 e. The number of nitrogens with one attached hydrogen (secondary N) is 2. The molecule has 3 aromatic rings. The first-order valence-electron chi connectivity index (χ1n) is 8.84. The fraction of sp³-hybridized carbons (Fsp3) is 0.300. The lowest BCUT2D eigenvalue weighted by Crippen LogP contribution is -2.24. The summed E-state index contributed by atoms with van der Waals surface area (Å²) >= 11 is 0. The molecule has 0 fully saturated rings. The molecular formula is C20H23N5O3. The summed E-state index contributed by atoms with van der Waals surface area (Å²) < 4.78 is 10.7. The molecule has 2 aromatic carbocycles. The highest BCUT2D eigenvalue weighted by molar-refractivity contribution is 5.96. The quantitative estimate of drug-likeness (QED) is 0.652. The number of amides is 1. The number of tetrazole rings is 1. The zero-order valence-corrected chi connectivity index (χ0v) is 16.3. The number of H-pyrrole nitrogens is 1. The van der Waals surface area contributed by atoms with Crippen LogP contribution < -0.4 is 14.8 Å². The van der Waals surface area contributed by atoms with Gasteiger partial charge in [-0.1, -0.05) is 29.0 Å². The molecular weight excluding hydrogens is 358 g/mol. The molecule has 1 atom stereocenters. The molecule has 8 nitrogen and oxygen atoms in total. The first-order valence-corrected chi connectivity index (χ1v) is 8.84. The number of anilines is 1. The van der Waals surface area contributed by atoms with E-state index in [9.17, 15) is 4.79 Å². The van der Waals surface area contributed by atoms with Crippen molar-refractivity contribution in [3.05, 3.63) is 58.9 Å². The van der Waals surface area contributed by atoms with Gasteiger partial charge in [-0.3, -0.25) is 4.79 Å². The van der Waals surface area contributed by atoms with Crippen molar-refractivity contribution in [1.82, 2.24) is 20.6 Å². The van der Waals surface area contributed by atoms with Crippen molar-refractivity contribution >= 4 is 11.6 Å². The molecule has 0 bridgehead atoms. The van der Waals surface area contributed by atoms with Gasteiger partial charge in [0.25, 0.3) is 0 Å². The number of nitrogens with zero attached hydrogens (tertiary/aromatic N) is 3. The standard InChI is InChI=1S/C20H23N5O3/c1-12-5-8-17(13(2)9-12)21-20(26)16(19-22-24-25-23-19)10-14-6-7-15(27-3)11-18(14)28-4/h5-9,11,16H,10H2,1-4H3,(H,21,26)(H,22,23,24,25). The Morgan fingerprint density at radius 3 is 2.61 bits per heavy atom. The fourth-order valence-electron chi connectivity index (χ4n) is 3.03. The second-order valence-corrected chi connectivity index (χ2v) is 6.51. The zero-order chi connectivity index (χ0) is 20.1. The highest BCUT2D eigenvalue weighted by atomic mass is 16.5. The van der Waals surface area contributed by atoms with Gasteiger partial charge in [-0.25, -0.2) is 0 Å². The first-order chi connectivity index (χ1) is 13.5. The summed E-state index contributed by atoms with van der Waals surface area (Å²) in [5.41, 5.74) is 3.72.